The lowest BCUT2D eigenvalue weighted by Crippen LogP contribution is -2.32. The molecule has 1 aromatic heterocycles. The Bertz CT molecular complexity index is 1060. The van der Waals surface area contributed by atoms with Gasteiger partial charge in [0.2, 0.25) is 0 Å². The number of halogens is 1. The van der Waals surface area contributed by atoms with Crippen LogP contribution in [0.5, 0.6) is 5.75 Å². The van der Waals surface area contributed by atoms with Gasteiger partial charge in [-0.2, -0.15) is 5.10 Å². The molecule has 0 spiro atoms. The minimum absolute atomic E-state index is 0.138. The summed E-state index contributed by atoms with van der Waals surface area (Å²) in [6.45, 7) is 3.87. The van der Waals surface area contributed by atoms with Crippen molar-refractivity contribution < 1.29 is 15.0 Å². The maximum atomic E-state index is 13.0. The molecule has 6 nitrogen and oxygen atoms in total. The SMILES string of the molecule is Cc1cc(C)c(O)c(-c2n[nH]c3c2C(c2ccc(Br)cc2)N(CCO)C3=O)c1. The van der Waals surface area contributed by atoms with Gasteiger partial charge >= 0.3 is 0 Å². The van der Waals surface area contributed by atoms with Gasteiger partial charge in [-0.05, 0) is 48.7 Å². The van der Waals surface area contributed by atoms with Gasteiger partial charge in [0.15, 0.2) is 0 Å². The molecule has 0 radical (unpaired) electrons. The van der Waals surface area contributed by atoms with Crippen LogP contribution in [0, 0.1) is 13.8 Å². The van der Waals surface area contributed by atoms with Crippen molar-refractivity contribution in [3.05, 3.63) is 68.8 Å². The zero-order valence-corrected chi connectivity index (χ0v) is 17.1. The first kappa shape index (κ1) is 18.7. The molecule has 0 fully saturated rings. The average Bonchev–Trinajstić information content (AvgIpc) is 3.19. The number of aromatic amines is 1. The van der Waals surface area contributed by atoms with Gasteiger partial charge < -0.3 is 15.1 Å². The molecule has 4 rings (SSSR count). The Morgan fingerprint density at radius 1 is 1.21 bits per heavy atom. The molecule has 1 aliphatic rings. The molecule has 7 heteroatoms. The molecule has 0 saturated heterocycles. The van der Waals surface area contributed by atoms with Gasteiger partial charge in [-0.1, -0.05) is 34.1 Å². The number of amides is 1. The van der Waals surface area contributed by atoms with Gasteiger partial charge in [0.25, 0.3) is 5.91 Å². The molecular weight excluding hydrogens is 422 g/mol. The van der Waals surface area contributed by atoms with Crippen molar-refractivity contribution in [3.8, 4) is 17.0 Å². The second-order valence-corrected chi connectivity index (χ2v) is 7.93. The fraction of sp³-hybridized carbons (Fsp3) is 0.238. The molecule has 1 aliphatic heterocycles. The van der Waals surface area contributed by atoms with Crippen LogP contribution in [0.3, 0.4) is 0 Å². The fourth-order valence-corrected chi connectivity index (χ4v) is 4.14. The Kier molecular flexibility index (Phi) is 4.72. The number of aromatic hydroxyl groups is 1. The first-order valence-electron chi connectivity index (χ1n) is 8.98. The first-order chi connectivity index (χ1) is 13.4. The number of aliphatic hydroxyl groups excluding tert-OH is 1. The molecule has 0 saturated carbocycles. The van der Waals surface area contributed by atoms with Crippen molar-refractivity contribution >= 4 is 21.8 Å². The Balaban J connectivity index is 1.94. The summed E-state index contributed by atoms with van der Waals surface area (Å²) in [5.41, 5.74) is 4.94. The Labute approximate surface area is 171 Å². The van der Waals surface area contributed by atoms with Gasteiger partial charge in [0.05, 0.1) is 12.6 Å². The summed E-state index contributed by atoms with van der Waals surface area (Å²) in [6.07, 6.45) is 0. The number of β-amino-alcohol motifs (C(OH)–C–C–N with tert-alkyl or cyclic N) is 1. The van der Waals surface area contributed by atoms with Crippen LogP contribution in [-0.4, -0.2) is 44.4 Å². The predicted octanol–water partition coefficient (Wildman–Crippen LogP) is 3.70. The molecule has 28 heavy (non-hydrogen) atoms. The highest BCUT2D eigenvalue weighted by Gasteiger charge is 2.42. The minimum atomic E-state index is -0.392. The lowest BCUT2D eigenvalue weighted by atomic mass is 9.94. The second-order valence-electron chi connectivity index (χ2n) is 7.02. The number of aliphatic hydroxyl groups is 1. The third-order valence-electron chi connectivity index (χ3n) is 5.09. The zero-order chi connectivity index (χ0) is 20.0. The Morgan fingerprint density at radius 2 is 1.93 bits per heavy atom. The van der Waals surface area contributed by atoms with Crippen LogP contribution >= 0.6 is 15.9 Å². The lowest BCUT2D eigenvalue weighted by Gasteiger charge is -2.25. The van der Waals surface area contributed by atoms with Crippen LogP contribution in [0.4, 0.5) is 0 Å². The van der Waals surface area contributed by atoms with Gasteiger partial charge in [0.1, 0.15) is 17.1 Å². The van der Waals surface area contributed by atoms with E-state index in [-0.39, 0.29) is 24.8 Å². The van der Waals surface area contributed by atoms with E-state index in [0.717, 1.165) is 26.7 Å². The summed E-state index contributed by atoms with van der Waals surface area (Å²) in [5, 5.41) is 27.4. The van der Waals surface area contributed by atoms with E-state index < -0.39 is 6.04 Å². The highest BCUT2D eigenvalue weighted by Crippen LogP contribution is 2.45. The molecule has 1 amide bonds. The van der Waals surface area contributed by atoms with Crippen LogP contribution in [0.1, 0.15) is 38.8 Å². The van der Waals surface area contributed by atoms with Crippen LogP contribution in [0.15, 0.2) is 40.9 Å². The largest absolute Gasteiger partial charge is 0.507 e. The van der Waals surface area contributed by atoms with E-state index in [1.54, 1.807) is 4.90 Å². The Morgan fingerprint density at radius 3 is 2.61 bits per heavy atom. The molecule has 1 atom stereocenters. The third-order valence-corrected chi connectivity index (χ3v) is 5.62. The molecule has 2 heterocycles. The number of nitrogens with zero attached hydrogens (tertiary/aromatic N) is 2. The van der Waals surface area contributed by atoms with Crippen LogP contribution in [0.2, 0.25) is 0 Å². The topological polar surface area (TPSA) is 89.5 Å². The number of rotatable bonds is 4. The molecular formula is C21H20BrN3O3. The number of nitrogens with one attached hydrogen (secondary N) is 1. The third kappa shape index (κ3) is 2.91. The average molecular weight is 442 g/mol. The van der Waals surface area contributed by atoms with E-state index in [0.29, 0.717) is 17.0 Å². The highest BCUT2D eigenvalue weighted by atomic mass is 79.9. The van der Waals surface area contributed by atoms with Crippen molar-refractivity contribution in [3.63, 3.8) is 0 Å². The number of phenols is 1. The number of hydrogen-bond donors (Lipinski definition) is 3. The van der Waals surface area contributed by atoms with Crippen LogP contribution < -0.4 is 0 Å². The maximum absolute atomic E-state index is 13.0. The highest BCUT2D eigenvalue weighted by molar-refractivity contribution is 9.10. The van der Waals surface area contributed by atoms with Crippen LogP contribution in [-0.2, 0) is 0 Å². The number of benzene rings is 2. The number of hydrogen-bond acceptors (Lipinski definition) is 4. The van der Waals surface area contributed by atoms with Crippen molar-refractivity contribution in [1.29, 1.82) is 0 Å². The van der Waals surface area contributed by atoms with E-state index >= 15 is 0 Å². The smallest absolute Gasteiger partial charge is 0.273 e. The summed E-state index contributed by atoms with van der Waals surface area (Å²) >= 11 is 3.44. The van der Waals surface area contributed by atoms with Crippen molar-refractivity contribution in [2.45, 2.75) is 19.9 Å². The molecule has 144 valence electrons. The Hall–Kier alpha value is -2.64. The van der Waals surface area contributed by atoms with Gasteiger partial charge in [0, 0.05) is 22.1 Å². The summed E-state index contributed by atoms with van der Waals surface area (Å²) in [6, 6.07) is 11.1. The number of carbonyl (C=O) groups is 1. The maximum Gasteiger partial charge on any atom is 0.273 e. The zero-order valence-electron chi connectivity index (χ0n) is 15.5. The number of aromatic nitrogens is 2. The van der Waals surface area contributed by atoms with Crippen molar-refractivity contribution in [2.24, 2.45) is 0 Å². The number of phenolic OH excluding ortho intramolecular Hbond substituents is 1. The number of aryl methyl sites for hydroxylation is 2. The van der Waals surface area contributed by atoms with E-state index in [9.17, 15) is 15.0 Å². The van der Waals surface area contributed by atoms with E-state index in [2.05, 4.69) is 26.1 Å². The number of fused-ring (bicyclic) bond motifs is 1. The molecule has 2 aromatic carbocycles. The normalized spacial score (nSPS) is 15.9. The van der Waals surface area contributed by atoms with E-state index in [1.807, 2.05) is 50.2 Å². The molecule has 3 aromatic rings. The summed E-state index contributed by atoms with van der Waals surface area (Å²) < 4.78 is 0.939. The number of carbonyl (C=O) groups excluding carboxylic acids is 1. The molecule has 0 bridgehead atoms. The van der Waals surface area contributed by atoms with Crippen molar-refractivity contribution in [1.82, 2.24) is 15.1 Å². The van der Waals surface area contributed by atoms with E-state index in [1.165, 1.54) is 0 Å². The fourth-order valence-electron chi connectivity index (χ4n) is 3.87. The van der Waals surface area contributed by atoms with E-state index in [4.69, 9.17) is 0 Å². The standard InChI is InChI=1S/C21H20BrN3O3/c1-11-9-12(2)20(27)15(10-11)17-16-18(24-23-17)21(28)25(7-8-26)19(16)13-3-5-14(22)6-4-13/h3-6,9-10,19,26-27H,7-8H2,1-2H3,(H,23,24). The first-order valence-corrected chi connectivity index (χ1v) is 9.77. The second kappa shape index (κ2) is 7.07. The minimum Gasteiger partial charge on any atom is -0.507 e. The lowest BCUT2D eigenvalue weighted by molar-refractivity contribution is 0.0706. The quantitative estimate of drug-likeness (QED) is 0.575. The molecule has 1 unspecified atom stereocenters. The summed E-state index contributed by atoms with van der Waals surface area (Å²) in [7, 11) is 0. The van der Waals surface area contributed by atoms with Crippen LogP contribution in [0.25, 0.3) is 11.3 Å². The molecule has 3 N–H and O–H groups in total. The van der Waals surface area contributed by atoms with Gasteiger partial charge in [-0.3, -0.25) is 9.89 Å². The van der Waals surface area contributed by atoms with Gasteiger partial charge in [-0.25, -0.2) is 0 Å². The van der Waals surface area contributed by atoms with Crippen molar-refractivity contribution in [2.75, 3.05) is 13.2 Å². The monoisotopic (exact) mass is 441 g/mol. The predicted molar refractivity (Wildman–Crippen MR) is 109 cm³/mol. The molecule has 0 aliphatic carbocycles. The summed E-state index contributed by atoms with van der Waals surface area (Å²) in [4.78, 5) is 14.6. The summed E-state index contributed by atoms with van der Waals surface area (Å²) in [5.74, 6) is -0.0536. The van der Waals surface area contributed by atoms with Gasteiger partial charge in [-0.15, -0.1) is 0 Å². The number of H-pyrrole nitrogens is 1.